The van der Waals surface area contributed by atoms with Gasteiger partial charge in [-0.2, -0.15) is 0 Å². The van der Waals surface area contributed by atoms with Crippen molar-refractivity contribution in [3.63, 3.8) is 0 Å². The first-order valence-corrected chi connectivity index (χ1v) is 17.2. The summed E-state index contributed by atoms with van der Waals surface area (Å²) in [5, 5.41) is 9.78. The third kappa shape index (κ3) is 4.38. The number of furan rings is 1. The Kier molecular flexibility index (Phi) is 5.96. The Morgan fingerprint density at radius 1 is 0.275 bits per heavy atom. The van der Waals surface area contributed by atoms with Crippen molar-refractivity contribution in [2.75, 3.05) is 0 Å². The van der Waals surface area contributed by atoms with E-state index in [2.05, 4.69) is 127 Å². The van der Waals surface area contributed by atoms with Crippen molar-refractivity contribution in [1.29, 1.82) is 0 Å². The Hall–Kier alpha value is -6.84. The fourth-order valence-corrected chi connectivity index (χ4v) is 7.89. The molecule has 0 fully saturated rings. The fourth-order valence-electron chi connectivity index (χ4n) is 7.89. The van der Waals surface area contributed by atoms with Crippen molar-refractivity contribution in [2.24, 2.45) is 0 Å². The van der Waals surface area contributed by atoms with Gasteiger partial charge in [-0.15, -0.1) is 0 Å². The molecule has 11 rings (SSSR count). The van der Waals surface area contributed by atoms with E-state index in [1.54, 1.807) is 0 Å². The average Bonchev–Trinajstić information content (AvgIpc) is 3.59. The second-order valence-corrected chi connectivity index (χ2v) is 13.2. The van der Waals surface area contributed by atoms with Gasteiger partial charge in [0.15, 0.2) is 23.0 Å². The summed E-state index contributed by atoms with van der Waals surface area (Å²) in [5.41, 5.74) is 8.28. The van der Waals surface area contributed by atoms with Crippen LogP contribution in [0.15, 0.2) is 174 Å². The number of hydrogen-bond acceptors (Lipinski definition) is 3. The van der Waals surface area contributed by atoms with Crippen LogP contribution >= 0.6 is 0 Å². The van der Waals surface area contributed by atoms with Crippen LogP contribution in [0.1, 0.15) is 0 Å². The maximum atomic E-state index is 6.55. The lowest BCUT2D eigenvalue weighted by atomic mass is 9.89. The SMILES string of the molecule is c1ccc2c(c1)Oc1ccc(-c3cc(-c4ccc5c6ccccc6c6ccccc6c5c4)cc(-c4cccc5c4oc4ccccc45)c3)cc1O2. The first-order valence-electron chi connectivity index (χ1n) is 17.2. The zero-order valence-corrected chi connectivity index (χ0v) is 27.4. The normalized spacial score (nSPS) is 12.2. The van der Waals surface area contributed by atoms with Crippen LogP contribution in [0, 0.1) is 0 Å². The smallest absolute Gasteiger partial charge is 0.170 e. The number of para-hydroxylation sites is 4. The maximum Gasteiger partial charge on any atom is 0.170 e. The maximum absolute atomic E-state index is 6.55. The number of fused-ring (bicyclic) bond motifs is 11. The Bertz CT molecular complexity index is 3000. The highest BCUT2D eigenvalue weighted by atomic mass is 16.6. The van der Waals surface area contributed by atoms with Crippen LogP contribution in [0.4, 0.5) is 0 Å². The minimum atomic E-state index is 0.696. The second-order valence-electron chi connectivity index (χ2n) is 13.2. The van der Waals surface area contributed by atoms with Crippen LogP contribution in [0.5, 0.6) is 23.0 Å². The summed E-state index contributed by atoms with van der Waals surface area (Å²) in [6, 6.07) is 59.8. The molecule has 10 aromatic rings. The highest BCUT2D eigenvalue weighted by Gasteiger charge is 2.20. The van der Waals surface area contributed by atoms with Gasteiger partial charge < -0.3 is 13.9 Å². The third-order valence-corrected chi connectivity index (χ3v) is 10.3. The van der Waals surface area contributed by atoms with Gasteiger partial charge >= 0.3 is 0 Å². The van der Waals surface area contributed by atoms with E-state index in [-0.39, 0.29) is 0 Å². The molecule has 2 heterocycles. The third-order valence-electron chi connectivity index (χ3n) is 10.3. The monoisotopic (exact) mass is 652 g/mol. The molecule has 51 heavy (non-hydrogen) atoms. The van der Waals surface area contributed by atoms with Gasteiger partial charge in [-0.05, 0) is 115 Å². The summed E-state index contributed by atoms with van der Waals surface area (Å²) >= 11 is 0. The highest BCUT2D eigenvalue weighted by Crippen LogP contribution is 2.47. The Morgan fingerprint density at radius 2 is 0.784 bits per heavy atom. The average molecular weight is 653 g/mol. The minimum Gasteiger partial charge on any atom is -0.455 e. The summed E-state index contributed by atoms with van der Waals surface area (Å²) in [5.74, 6) is 2.83. The Morgan fingerprint density at radius 3 is 1.51 bits per heavy atom. The van der Waals surface area contributed by atoms with Crippen LogP contribution in [0.25, 0.3) is 87.6 Å². The van der Waals surface area contributed by atoms with Crippen LogP contribution < -0.4 is 9.47 Å². The molecule has 238 valence electrons. The topological polar surface area (TPSA) is 31.6 Å². The molecule has 0 radical (unpaired) electrons. The van der Waals surface area contributed by atoms with E-state index in [4.69, 9.17) is 13.9 Å². The first-order chi connectivity index (χ1) is 25.2. The van der Waals surface area contributed by atoms with E-state index in [1.165, 1.54) is 32.3 Å². The summed E-state index contributed by atoms with van der Waals surface area (Å²) in [7, 11) is 0. The van der Waals surface area contributed by atoms with Crippen LogP contribution in [0.2, 0.25) is 0 Å². The molecule has 0 spiro atoms. The molecule has 0 atom stereocenters. The Labute approximate surface area is 293 Å². The van der Waals surface area contributed by atoms with Crippen molar-refractivity contribution >= 4 is 54.3 Å². The largest absolute Gasteiger partial charge is 0.455 e. The van der Waals surface area contributed by atoms with Gasteiger partial charge in [-0.25, -0.2) is 0 Å². The molecule has 0 amide bonds. The molecule has 0 saturated heterocycles. The highest BCUT2D eigenvalue weighted by molar-refractivity contribution is 6.25. The molecular weight excluding hydrogens is 625 g/mol. The lowest BCUT2D eigenvalue weighted by molar-refractivity contribution is 0.360. The van der Waals surface area contributed by atoms with E-state index in [9.17, 15) is 0 Å². The summed E-state index contributed by atoms with van der Waals surface area (Å²) in [6.45, 7) is 0. The van der Waals surface area contributed by atoms with Gasteiger partial charge in [0.2, 0.25) is 0 Å². The molecule has 9 aromatic carbocycles. The van der Waals surface area contributed by atoms with Gasteiger partial charge in [-0.1, -0.05) is 115 Å². The van der Waals surface area contributed by atoms with Crippen molar-refractivity contribution in [3.8, 4) is 56.4 Å². The number of hydrogen-bond donors (Lipinski definition) is 0. The molecule has 0 N–H and O–H groups in total. The lowest BCUT2D eigenvalue weighted by Gasteiger charge is -2.21. The van der Waals surface area contributed by atoms with Crippen LogP contribution in [-0.4, -0.2) is 0 Å². The first kappa shape index (κ1) is 28.0. The van der Waals surface area contributed by atoms with Crippen molar-refractivity contribution in [2.45, 2.75) is 0 Å². The molecular formula is C48H28O3. The summed E-state index contributed by atoms with van der Waals surface area (Å²) in [4.78, 5) is 0. The predicted octanol–water partition coefficient (Wildman–Crippen LogP) is 13.9. The van der Waals surface area contributed by atoms with E-state index < -0.39 is 0 Å². The molecule has 1 aliphatic heterocycles. The number of rotatable bonds is 3. The van der Waals surface area contributed by atoms with E-state index in [0.717, 1.165) is 61.1 Å². The van der Waals surface area contributed by atoms with Crippen molar-refractivity contribution in [1.82, 2.24) is 0 Å². The molecule has 0 saturated carbocycles. The fraction of sp³-hybridized carbons (Fsp3) is 0. The molecule has 0 unspecified atom stereocenters. The van der Waals surface area contributed by atoms with Gasteiger partial charge in [0, 0.05) is 16.3 Å². The van der Waals surface area contributed by atoms with E-state index in [1.807, 2.05) is 42.5 Å². The number of ether oxygens (including phenoxy) is 2. The van der Waals surface area contributed by atoms with Crippen molar-refractivity contribution in [3.05, 3.63) is 170 Å². The van der Waals surface area contributed by atoms with Gasteiger partial charge in [0.1, 0.15) is 11.2 Å². The molecule has 3 heteroatoms. The molecule has 0 aliphatic carbocycles. The lowest BCUT2D eigenvalue weighted by Crippen LogP contribution is -1.98. The second kappa shape index (κ2) is 10.8. The predicted molar refractivity (Wildman–Crippen MR) is 209 cm³/mol. The summed E-state index contributed by atoms with van der Waals surface area (Å²) < 4.78 is 19.1. The minimum absolute atomic E-state index is 0.696. The van der Waals surface area contributed by atoms with Gasteiger partial charge in [-0.3, -0.25) is 0 Å². The molecule has 3 nitrogen and oxygen atoms in total. The van der Waals surface area contributed by atoms with Crippen LogP contribution in [0.3, 0.4) is 0 Å². The van der Waals surface area contributed by atoms with Gasteiger partial charge in [0.25, 0.3) is 0 Å². The zero-order chi connectivity index (χ0) is 33.5. The Balaban J connectivity index is 1.14. The summed E-state index contributed by atoms with van der Waals surface area (Å²) in [6.07, 6.45) is 0. The zero-order valence-electron chi connectivity index (χ0n) is 27.4. The molecule has 1 aromatic heterocycles. The van der Waals surface area contributed by atoms with Crippen molar-refractivity contribution < 1.29 is 13.9 Å². The van der Waals surface area contributed by atoms with Gasteiger partial charge in [0.05, 0.1) is 0 Å². The van der Waals surface area contributed by atoms with E-state index >= 15 is 0 Å². The molecule has 1 aliphatic rings. The van der Waals surface area contributed by atoms with E-state index in [0.29, 0.717) is 17.2 Å². The number of benzene rings is 9. The van der Waals surface area contributed by atoms with Crippen LogP contribution in [-0.2, 0) is 0 Å². The quantitative estimate of drug-likeness (QED) is 0.178. The molecule has 0 bridgehead atoms. The standard InChI is InChI=1S/C48H28O3/c1-2-12-37-35(10-1)36-11-3-4-13-38(36)42-27-29(20-22-39(37)42)31-24-32(30-21-23-46-47(28-30)50-45-19-8-7-18-44(45)49-46)26-33(25-31)34-15-9-16-41-40-14-5-6-17-43(40)51-48(34)41/h1-28H.